The number of nitrogens with one attached hydrogen (secondary N) is 1. The number of hydrogen-bond acceptors (Lipinski definition) is 2. The van der Waals surface area contributed by atoms with Crippen molar-refractivity contribution >= 4 is 0 Å². The van der Waals surface area contributed by atoms with E-state index in [-0.39, 0.29) is 6.10 Å². The third-order valence-electron chi connectivity index (χ3n) is 2.54. The summed E-state index contributed by atoms with van der Waals surface area (Å²) in [5, 5.41) is 6.73. The average Bonchev–Trinajstić information content (AvgIpc) is 2.86. The number of para-hydroxylation sites is 1. The van der Waals surface area contributed by atoms with E-state index in [0.717, 1.165) is 17.7 Å². The van der Waals surface area contributed by atoms with Crippen LogP contribution in [0, 0.1) is 0 Å². The molecule has 2 aromatic rings. The molecule has 0 aliphatic carbocycles. The van der Waals surface area contributed by atoms with E-state index in [1.807, 2.05) is 30.6 Å². The van der Waals surface area contributed by atoms with Gasteiger partial charge in [0.2, 0.25) is 0 Å². The van der Waals surface area contributed by atoms with Gasteiger partial charge in [-0.15, -0.1) is 0 Å². The second kappa shape index (κ2) is 2.87. The molecule has 3 rings (SSSR count). The molecule has 1 aromatic carbocycles. The van der Waals surface area contributed by atoms with Crippen LogP contribution in [0.5, 0.6) is 5.75 Å². The maximum absolute atomic E-state index is 5.79. The van der Waals surface area contributed by atoms with Gasteiger partial charge < -0.3 is 4.74 Å². The standard InChI is InChI=1S/C11H10N2O/c1-2-4-10-8(3-1)5-11(14-10)9-6-12-13-7-9/h1-4,6-7,11H,5H2,(H,12,13). The molecule has 1 aromatic heterocycles. The zero-order valence-corrected chi connectivity index (χ0v) is 7.60. The summed E-state index contributed by atoms with van der Waals surface area (Å²) in [5.74, 6) is 0.999. The SMILES string of the molecule is c1ccc2c(c1)CC(c1cn[nH]c1)O2. The van der Waals surface area contributed by atoms with Crippen molar-refractivity contribution in [3.8, 4) is 5.75 Å². The third-order valence-corrected chi connectivity index (χ3v) is 2.54. The van der Waals surface area contributed by atoms with E-state index in [4.69, 9.17) is 4.74 Å². The fourth-order valence-electron chi connectivity index (χ4n) is 1.80. The molecule has 3 heteroatoms. The Labute approximate surface area is 81.7 Å². The largest absolute Gasteiger partial charge is 0.485 e. The highest BCUT2D eigenvalue weighted by atomic mass is 16.5. The van der Waals surface area contributed by atoms with E-state index in [1.54, 1.807) is 0 Å². The minimum absolute atomic E-state index is 0.131. The Bertz CT molecular complexity index is 411. The molecule has 0 amide bonds. The maximum atomic E-state index is 5.79. The smallest absolute Gasteiger partial charge is 0.131 e. The van der Waals surface area contributed by atoms with Crippen LogP contribution in [0.15, 0.2) is 36.7 Å². The molecular formula is C11H10N2O. The first-order valence-corrected chi connectivity index (χ1v) is 4.67. The molecule has 1 unspecified atom stereocenters. The van der Waals surface area contributed by atoms with E-state index in [2.05, 4.69) is 16.3 Å². The van der Waals surface area contributed by atoms with Crippen molar-refractivity contribution in [2.24, 2.45) is 0 Å². The molecule has 0 fully saturated rings. The van der Waals surface area contributed by atoms with Gasteiger partial charge >= 0.3 is 0 Å². The van der Waals surface area contributed by atoms with Crippen molar-refractivity contribution in [3.05, 3.63) is 47.8 Å². The first-order valence-electron chi connectivity index (χ1n) is 4.67. The normalized spacial score (nSPS) is 19.0. The number of hydrogen-bond donors (Lipinski definition) is 1. The van der Waals surface area contributed by atoms with E-state index in [9.17, 15) is 0 Å². The van der Waals surface area contributed by atoms with Gasteiger partial charge in [-0.3, -0.25) is 5.10 Å². The first-order chi connectivity index (χ1) is 6.93. The van der Waals surface area contributed by atoms with Crippen LogP contribution in [0.2, 0.25) is 0 Å². The highest BCUT2D eigenvalue weighted by Crippen LogP contribution is 2.35. The first kappa shape index (κ1) is 7.62. The number of H-pyrrole nitrogens is 1. The molecule has 14 heavy (non-hydrogen) atoms. The molecular weight excluding hydrogens is 176 g/mol. The Balaban J connectivity index is 1.92. The van der Waals surface area contributed by atoms with Gasteiger partial charge in [-0.1, -0.05) is 18.2 Å². The van der Waals surface area contributed by atoms with Crippen LogP contribution in [-0.4, -0.2) is 10.2 Å². The lowest BCUT2D eigenvalue weighted by Gasteiger charge is -2.06. The number of fused-ring (bicyclic) bond motifs is 1. The van der Waals surface area contributed by atoms with Crippen LogP contribution >= 0.6 is 0 Å². The van der Waals surface area contributed by atoms with Crippen molar-refractivity contribution in [2.75, 3.05) is 0 Å². The summed E-state index contributed by atoms with van der Waals surface area (Å²) < 4.78 is 5.79. The van der Waals surface area contributed by atoms with Gasteiger partial charge in [-0.25, -0.2) is 0 Å². The van der Waals surface area contributed by atoms with Gasteiger partial charge in [0.1, 0.15) is 11.9 Å². The Morgan fingerprint density at radius 1 is 1.36 bits per heavy atom. The molecule has 0 saturated carbocycles. The molecule has 0 spiro atoms. The second-order valence-electron chi connectivity index (χ2n) is 3.45. The molecule has 2 heterocycles. The van der Waals surface area contributed by atoms with Crippen molar-refractivity contribution in [1.29, 1.82) is 0 Å². The fourth-order valence-corrected chi connectivity index (χ4v) is 1.80. The quantitative estimate of drug-likeness (QED) is 0.740. The summed E-state index contributed by atoms with van der Waals surface area (Å²) in [6, 6.07) is 8.15. The summed E-state index contributed by atoms with van der Waals surface area (Å²) in [5.41, 5.74) is 2.39. The zero-order valence-electron chi connectivity index (χ0n) is 7.60. The van der Waals surface area contributed by atoms with Gasteiger partial charge in [-0.2, -0.15) is 5.10 Å². The van der Waals surface area contributed by atoms with Crippen LogP contribution < -0.4 is 4.74 Å². The summed E-state index contributed by atoms with van der Waals surface area (Å²) >= 11 is 0. The maximum Gasteiger partial charge on any atom is 0.131 e. The van der Waals surface area contributed by atoms with Gasteiger partial charge in [0, 0.05) is 18.2 Å². The summed E-state index contributed by atoms with van der Waals surface area (Å²) in [6.45, 7) is 0. The number of ether oxygens (including phenoxy) is 1. The van der Waals surface area contributed by atoms with Gasteiger partial charge in [-0.05, 0) is 11.6 Å². The molecule has 1 aliphatic heterocycles. The number of aromatic amines is 1. The van der Waals surface area contributed by atoms with Crippen LogP contribution in [0.1, 0.15) is 17.2 Å². The minimum atomic E-state index is 0.131. The van der Waals surface area contributed by atoms with Crippen molar-refractivity contribution < 1.29 is 4.74 Å². The summed E-state index contributed by atoms with van der Waals surface area (Å²) in [4.78, 5) is 0. The highest BCUT2D eigenvalue weighted by Gasteiger charge is 2.24. The van der Waals surface area contributed by atoms with Crippen LogP contribution in [0.4, 0.5) is 0 Å². The minimum Gasteiger partial charge on any atom is -0.485 e. The van der Waals surface area contributed by atoms with E-state index in [0.29, 0.717) is 0 Å². The van der Waals surface area contributed by atoms with Crippen LogP contribution in [-0.2, 0) is 6.42 Å². The molecule has 0 bridgehead atoms. The summed E-state index contributed by atoms with van der Waals surface area (Å²) in [7, 11) is 0. The van der Waals surface area contributed by atoms with Gasteiger partial charge in [0.05, 0.1) is 6.20 Å². The van der Waals surface area contributed by atoms with Gasteiger partial charge in [0.15, 0.2) is 0 Å². The second-order valence-corrected chi connectivity index (χ2v) is 3.45. The van der Waals surface area contributed by atoms with Gasteiger partial charge in [0.25, 0.3) is 0 Å². The lowest BCUT2D eigenvalue weighted by Crippen LogP contribution is -2.01. The topological polar surface area (TPSA) is 37.9 Å². The highest BCUT2D eigenvalue weighted by molar-refractivity contribution is 5.38. The van der Waals surface area contributed by atoms with E-state index in [1.165, 1.54) is 5.56 Å². The lowest BCUT2D eigenvalue weighted by molar-refractivity contribution is 0.239. The monoisotopic (exact) mass is 186 g/mol. The Hall–Kier alpha value is -1.77. The third kappa shape index (κ3) is 1.09. The Kier molecular flexibility index (Phi) is 1.56. The van der Waals surface area contributed by atoms with E-state index >= 15 is 0 Å². The molecule has 1 N–H and O–H groups in total. The number of nitrogens with zero attached hydrogens (tertiary/aromatic N) is 1. The molecule has 70 valence electrons. The Morgan fingerprint density at radius 3 is 3.07 bits per heavy atom. The number of rotatable bonds is 1. The average molecular weight is 186 g/mol. The lowest BCUT2D eigenvalue weighted by atomic mass is 10.1. The van der Waals surface area contributed by atoms with Crippen LogP contribution in [0.3, 0.4) is 0 Å². The summed E-state index contributed by atoms with van der Waals surface area (Å²) in [6.07, 6.45) is 4.77. The number of aromatic nitrogens is 2. The van der Waals surface area contributed by atoms with E-state index < -0.39 is 0 Å². The molecule has 0 saturated heterocycles. The molecule has 3 nitrogen and oxygen atoms in total. The van der Waals surface area contributed by atoms with Crippen molar-refractivity contribution in [1.82, 2.24) is 10.2 Å². The fraction of sp³-hybridized carbons (Fsp3) is 0.182. The number of benzene rings is 1. The van der Waals surface area contributed by atoms with Crippen molar-refractivity contribution in [2.45, 2.75) is 12.5 Å². The zero-order chi connectivity index (χ0) is 9.38. The molecule has 1 aliphatic rings. The molecule has 1 atom stereocenters. The predicted octanol–water partition coefficient (Wildman–Crippen LogP) is 2.09. The predicted molar refractivity (Wildman–Crippen MR) is 52.1 cm³/mol. The molecule has 0 radical (unpaired) electrons. The van der Waals surface area contributed by atoms with Crippen LogP contribution in [0.25, 0.3) is 0 Å². The Morgan fingerprint density at radius 2 is 2.29 bits per heavy atom. The van der Waals surface area contributed by atoms with Crippen molar-refractivity contribution in [3.63, 3.8) is 0 Å².